The first kappa shape index (κ1) is 21.2. The van der Waals surface area contributed by atoms with E-state index in [9.17, 15) is 18.3 Å². The van der Waals surface area contributed by atoms with E-state index in [2.05, 4.69) is 5.10 Å². The summed E-state index contributed by atoms with van der Waals surface area (Å²) in [4.78, 5) is 11.3. The molecular formula is C20H16Cl2N4O4S. The largest absolute Gasteiger partial charge is 0.480 e. The lowest BCUT2D eigenvalue weighted by molar-refractivity contribution is -0.135. The maximum absolute atomic E-state index is 13.3. The normalized spacial score (nSPS) is 11.7. The van der Waals surface area contributed by atoms with E-state index in [1.165, 1.54) is 18.2 Å². The Balaban J connectivity index is 1.82. The van der Waals surface area contributed by atoms with E-state index < -0.39 is 22.5 Å². The molecule has 2 aromatic heterocycles. The number of aliphatic carboxylic acids is 1. The van der Waals surface area contributed by atoms with Crippen molar-refractivity contribution in [2.45, 2.75) is 4.90 Å². The van der Waals surface area contributed by atoms with Gasteiger partial charge in [-0.25, -0.2) is 8.42 Å². The Bertz CT molecular complexity index is 1390. The summed E-state index contributed by atoms with van der Waals surface area (Å²) in [7, 11) is -2.43. The number of hydrogen-bond donors (Lipinski definition) is 1. The van der Waals surface area contributed by atoms with Gasteiger partial charge in [0, 0.05) is 34.9 Å². The molecule has 0 unspecified atom stereocenters. The SMILES string of the molecule is Cn1cc(-n2ccc3cc(N(CC(=O)O)S(=O)(=O)c4cc(Cl)cc(Cl)c4)ccc32)cn1. The lowest BCUT2D eigenvalue weighted by atomic mass is 10.2. The summed E-state index contributed by atoms with van der Waals surface area (Å²) in [6, 6.07) is 10.6. The van der Waals surface area contributed by atoms with Crippen LogP contribution in [0.15, 0.2) is 66.0 Å². The highest BCUT2D eigenvalue weighted by molar-refractivity contribution is 7.92. The molecule has 0 atom stereocenters. The van der Waals surface area contributed by atoms with Crippen LogP contribution in [0, 0.1) is 0 Å². The van der Waals surface area contributed by atoms with E-state index in [1.54, 1.807) is 29.1 Å². The summed E-state index contributed by atoms with van der Waals surface area (Å²) in [6.45, 7) is -0.763. The lowest BCUT2D eigenvalue weighted by Gasteiger charge is -2.23. The zero-order valence-electron chi connectivity index (χ0n) is 16.1. The number of aryl methyl sites for hydroxylation is 1. The third kappa shape index (κ3) is 4.12. The van der Waals surface area contributed by atoms with Gasteiger partial charge in [0.1, 0.15) is 6.54 Å². The van der Waals surface area contributed by atoms with Crippen LogP contribution in [0.3, 0.4) is 0 Å². The predicted octanol–water partition coefficient (Wildman–Crippen LogP) is 3.95. The molecule has 160 valence electrons. The zero-order valence-corrected chi connectivity index (χ0v) is 18.4. The highest BCUT2D eigenvalue weighted by Crippen LogP contribution is 2.31. The molecule has 4 rings (SSSR count). The first-order chi connectivity index (χ1) is 14.6. The van der Waals surface area contributed by atoms with Crippen LogP contribution in [0.4, 0.5) is 5.69 Å². The van der Waals surface area contributed by atoms with Crippen molar-refractivity contribution in [1.29, 1.82) is 0 Å². The molecule has 8 nitrogen and oxygen atoms in total. The summed E-state index contributed by atoms with van der Waals surface area (Å²) in [5.41, 5.74) is 1.86. The Hall–Kier alpha value is -3.01. The Labute approximate surface area is 187 Å². The monoisotopic (exact) mass is 478 g/mol. The minimum atomic E-state index is -4.24. The Morgan fingerprint density at radius 1 is 1.13 bits per heavy atom. The van der Waals surface area contributed by atoms with Crippen molar-refractivity contribution in [2.75, 3.05) is 10.8 Å². The van der Waals surface area contributed by atoms with Gasteiger partial charge in [0.2, 0.25) is 0 Å². The van der Waals surface area contributed by atoms with Crippen LogP contribution >= 0.6 is 23.2 Å². The van der Waals surface area contributed by atoms with Crippen molar-refractivity contribution in [3.63, 3.8) is 0 Å². The number of carboxylic acid groups (broad SMARTS) is 1. The molecule has 0 spiro atoms. The average molecular weight is 479 g/mol. The number of nitrogens with zero attached hydrogens (tertiary/aromatic N) is 4. The van der Waals surface area contributed by atoms with E-state index >= 15 is 0 Å². The minimum Gasteiger partial charge on any atom is -0.480 e. The smallest absolute Gasteiger partial charge is 0.324 e. The zero-order chi connectivity index (χ0) is 22.3. The molecule has 2 aromatic carbocycles. The molecule has 0 fully saturated rings. The number of anilines is 1. The first-order valence-corrected chi connectivity index (χ1v) is 11.2. The van der Waals surface area contributed by atoms with E-state index in [0.29, 0.717) is 0 Å². The van der Waals surface area contributed by atoms with Gasteiger partial charge in [-0.05, 0) is 42.5 Å². The van der Waals surface area contributed by atoms with E-state index in [1.807, 2.05) is 30.1 Å². The summed E-state index contributed by atoms with van der Waals surface area (Å²) in [6.07, 6.45) is 5.38. The van der Waals surface area contributed by atoms with Crippen LogP contribution in [0.2, 0.25) is 10.0 Å². The molecular weight excluding hydrogens is 463 g/mol. The van der Waals surface area contributed by atoms with Crippen LogP contribution < -0.4 is 4.31 Å². The van der Waals surface area contributed by atoms with Gasteiger partial charge >= 0.3 is 5.97 Å². The fourth-order valence-electron chi connectivity index (χ4n) is 3.29. The molecule has 0 saturated heterocycles. The molecule has 4 aromatic rings. The number of rotatable bonds is 6. The van der Waals surface area contributed by atoms with Crippen molar-refractivity contribution in [3.8, 4) is 5.69 Å². The molecule has 11 heteroatoms. The van der Waals surface area contributed by atoms with Gasteiger partial charge < -0.3 is 9.67 Å². The number of carboxylic acids is 1. The van der Waals surface area contributed by atoms with Gasteiger partial charge in [-0.3, -0.25) is 13.8 Å². The third-order valence-electron chi connectivity index (χ3n) is 4.63. The van der Waals surface area contributed by atoms with E-state index in [4.69, 9.17) is 23.2 Å². The average Bonchev–Trinajstić information content (AvgIpc) is 3.30. The lowest BCUT2D eigenvalue weighted by Crippen LogP contribution is -2.35. The van der Waals surface area contributed by atoms with Crippen molar-refractivity contribution in [2.24, 2.45) is 7.05 Å². The maximum atomic E-state index is 13.3. The first-order valence-electron chi connectivity index (χ1n) is 8.96. The van der Waals surface area contributed by atoms with Crippen molar-refractivity contribution in [3.05, 3.63) is 71.1 Å². The van der Waals surface area contributed by atoms with Crippen molar-refractivity contribution in [1.82, 2.24) is 14.3 Å². The standard InChI is InChI=1S/C20H16Cl2N4O4S/c1-24-11-17(10-23-24)25-5-4-13-6-16(2-3-19(13)25)26(12-20(27)28)31(29,30)18-8-14(21)7-15(22)9-18/h2-11H,12H2,1H3,(H,27,28). The second-order valence-corrected chi connectivity index (χ2v) is 9.55. The topological polar surface area (TPSA) is 97.4 Å². The molecule has 0 amide bonds. The summed E-state index contributed by atoms with van der Waals surface area (Å²) >= 11 is 11.9. The van der Waals surface area contributed by atoms with Crippen LogP contribution in [0.5, 0.6) is 0 Å². The predicted molar refractivity (Wildman–Crippen MR) is 119 cm³/mol. The highest BCUT2D eigenvalue weighted by atomic mass is 35.5. The summed E-state index contributed by atoms with van der Waals surface area (Å²) in [5.74, 6) is -1.30. The maximum Gasteiger partial charge on any atom is 0.324 e. The molecule has 0 aliphatic heterocycles. The van der Waals surface area contributed by atoms with E-state index in [-0.39, 0.29) is 20.6 Å². The fourth-order valence-corrected chi connectivity index (χ4v) is 5.42. The number of sulfonamides is 1. The quantitative estimate of drug-likeness (QED) is 0.452. The molecule has 0 saturated carbocycles. The van der Waals surface area contributed by atoms with Gasteiger partial charge in [-0.1, -0.05) is 23.2 Å². The van der Waals surface area contributed by atoms with Crippen LogP contribution in [-0.4, -0.2) is 40.4 Å². The van der Waals surface area contributed by atoms with Crippen LogP contribution in [0.1, 0.15) is 0 Å². The molecule has 0 radical (unpaired) electrons. The van der Waals surface area contributed by atoms with Crippen LogP contribution in [0.25, 0.3) is 16.6 Å². The second-order valence-electron chi connectivity index (χ2n) is 6.81. The van der Waals surface area contributed by atoms with Gasteiger partial charge in [0.15, 0.2) is 0 Å². The Morgan fingerprint density at radius 2 is 1.84 bits per heavy atom. The van der Waals surface area contributed by atoms with Crippen molar-refractivity contribution >= 4 is 55.8 Å². The molecule has 0 aliphatic rings. The van der Waals surface area contributed by atoms with Crippen molar-refractivity contribution < 1.29 is 18.3 Å². The summed E-state index contributed by atoms with van der Waals surface area (Å²) in [5, 5.41) is 14.5. The number of benzene rings is 2. The molecule has 2 heterocycles. The highest BCUT2D eigenvalue weighted by Gasteiger charge is 2.28. The molecule has 0 bridgehead atoms. The number of halogens is 2. The third-order valence-corrected chi connectivity index (χ3v) is 6.82. The second kappa shape index (κ2) is 7.92. The number of carbonyl (C=O) groups is 1. The number of aromatic nitrogens is 3. The molecule has 31 heavy (non-hydrogen) atoms. The van der Waals surface area contributed by atoms with E-state index in [0.717, 1.165) is 20.9 Å². The molecule has 0 aliphatic carbocycles. The Morgan fingerprint density at radius 3 is 2.45 bits per heavy atom. The van der Waals surface area contributed by atoms with Gasteiger partial charge in [0.25, 0.3) is 10.0 Å². The fraction of sp³-hybridized carbons (Fsp3) is 0.100. The number of hydrogen-bond acceptors (Lipinski definition) is 4. The van der Waals surface area contributed by atoms with Gasteiger partial charge in [0.05, 0.1) is 28.0 Å². The summed E-state index contributed by atoms with van der Waals surface area (Å²) < 4.78 is 30.9. The van der Waals surface area contributed by atoms with Crippen LogP contribution in [-0.2, 0) is 21.9 Å². The Kier molecular flexibility index (Phi) is 5.42. The van der Waals surface area contributed by atoms with Gasteiger partial charge in [-0.2, -0.15) is 5.10 Å². The number of fused-ring (bicyclic) bond motifs is 1. The minimum absolute atomic E-state index is 0.130. The van der Waals surface area contributed by atoms with Gasteiger partial charge in [-0.15, -0.1) is 0 Å². The molecule has 1 N–H and O–H groups in total.